The summed E-state index contributed by atoms with van der Waals surface area (Å²) < 4.78 is 10.4. The molecule has 0 aromatic rings. The van der Waals surface area contributed by atoms with Crippen LogP contribution in [0.1, 0.15) is 233 Å². The van der Waals surface area contributed by atoms with Crippen LogP contribution in [0.2, 0.25) is 0 Å². The molecule has 0 aromatic heterocycles. The zero-order valence-corrected chi connectivity index (χ0v) is 32.0. The lowest BCUT2D eigenvalue weighted by Gasteiger charge is -2.12. The molecule has 5 nitrogen and oxygen atoms in total. The van der Waals surface area contributed by atoms with Crippen LogP contribution in [0, 0.1) is 5.92 Å². The van der Waals surface area contributed by atoms with E-state index in [0.29, 0.717) is 12.8 Å². The Balaban J connectivity index is 3.37. The molecule has 0 radical (unpaired) electrons. The molecule has 0 aliphatic rings. The van der Waals surface area contributed by atoms with Crippen molar-refractivity contribution in [1.82, 2.24) is 0 Å². The highest BCUT2D eigenvalue weighted by Crippen LogP contribution is 2.17. The van der Waals surface area contributed by atoms with Crippen LogP contribution in [-0.4, -0.2) is 36.4 Å². The van der Waals surface area contributed by atoms with Crippen LogP contribution in [0.15, 0.2) is 0 Å². The van der Waals surface area contributed by atoms with Crippen LogP contribution < -0.4 is 0 Å². The molecule has 0 aliphatic heterocycles. The molecule has 5 heteroatoms. The Kier molecular flexibility index (Phi) is 36.8. The third-order valence-electron chi connectivity index (χ3n) is 9.88. The molecular weight excluding hydrogens is 584 g/mol. The van der Waals surface area contributed by atoms with Gasteiger partial charge < -0.3 is 14.6 Å². The van der Waals surface area contributed by atoms with Gasteiger partial charge >= 0.3 is 11.9 Å². The van der Waals surface area contributed by atoms with Gasteiger partial charge in [0.2, 0.25) is 0 Å². The summed E-state index contributed by atoms with van der Waals surface area (Å²) in [7, 11) is 0. The minimum absolute atomic E-state index is 0.108. The number of carbonyl (C=O) groups excluding carboxylic acids is 2. The van der Waals surface area contributed by atoms with Gasteiger partial charge in [0.15, 0.2) is 0 Å². The van der Waals surface area contributed by atoms with Gasteiger partial charge in [0, 0.05) is 12.8 Å². The number of rotatable bonds is 38. The summed E-state index contributed by atoms with van der Waals surface area (Å²) in [6.07, 6.45) is 40.1. The maximum atomic E-state index is 12.0. The van der Waals surface area contributed by atoms with Crippen LogP contribution in [0.4, 0.5) is 0 Å². The van der Waals surface area contributed by atoms with Gasteiger partial charge in [-0.3, -0.25) is 9.59 Å². The van der Waals surface area contributed by atoms with Crippen LogP contribution in [0.3, 0.4) is 0 Å². The van der Waals surface area contributed by atoms with E-state index in [0.717, 1.165) is 31.6 Å². The first-order valence-electron chi connectivity index (χ1n) is 21.0. The summed E-state index contributed by atoms with van der Waals surface area (Å²) in [5.41, 5.74) is 0. The third kappa shape index (κ3) is 37.6. The van der Waals surface area contributed by atoms with Gasteiger partial charge in [-0.1, -0.05) is 207 Å². The van der Waals surface area contributed by atoms with Crippen LogP contribution >= 0.6 is 0 Å². The van der Waals surface area contributed by atoms with Gasteiger partial charge in [-0.05, 0) is 18.8 Å². The number of unbranched alkanes of at least 4 members (excludes halogenated alkanes) is 27. The van der Waals surface area contributed by atoms with Crippen molar-refractivity contribution >= 4 is 11.9 Å². The van der Waals surface area contributed by atoms with E-state index >= 15 is 0 Å². The van der Waals surface area contributed by atoms with E-state index in [1.54, 1.807) is 0 Å². The van der Waals surface area contributed by atoms with Crippen LogP contribution in [0.5, 0.6) is 0 Å². The molecule has 0 aliphatic carbocycles. The predicted octanol–water partition coefficient (Wildman–Crippen LogP) is 13.0. The van der Waals surface area contributed by atoms with Gasteiger partial charge in [0.25, 0.3) is 0 Å². The Bertz CT molecular complexity index is 651. The standard InChI is InChI=1S/C42H82O5/c1-4-6-7-8-9-10-11-12-13-14-15-16-17-18-19-23-26-29-32-35-41(44)46-37-40(43)38-47-42(45)36-33-30-27-24-21-20-22-25-28-31-34-39(3)5-2/h39-40,43H,4-38H2,1-3H3/t39?,40-/m1/s1. The van der Waals surface area contributed by atoms with E-state index in [4.69, 9.17) is 9.47 Å². The third-order valence-corrected chi connectivity index (χ3v) is 9.88. The monoisotopic (exact) mass is 667 g/mol. The first kappa shape index (κ1) is 45.9. The molecule has 0 spiro atoms. The summed E-state index contributed by atoms with van der Waals surface area (Å²) in [6.45, 7) is 6.70. The molecule has 0 rings (SSSR count). The number of aliphatic hydroxyl groups excluding tert-OH is 1. The van der Waals surface area contributed by atoms with E-state index in [9.17, 15) is 14.7 Å². The minimum Gasteiger partial charge on any atom is -0.463 e. The lowest BCUT2D eigenvalue weighted by atomic mass is 9.99. The van der Waals surface area contributed by atoms with Crippen molar-refractivity contribution in [2.45, 2.75) is 239 Å². The van der Waals surface area contributed by atoms with E-state index in [1.807, 2.05) is 0 Å². The Morgan fingerprint density at radius 3 is 1.02 bits per heavy atom. The van der Waals surface area contributed by atoms with Crippen LogP contribution in [0.25, 0.3) is 0 Å². The summed E-state index contributed by atoms with van der Waals surface area (Å²) in [4.78, 5) is 24.0. The Hall–Kier alpha value is -1.10. The maximum absolute atomic E-state index is 12.0. The first-order chi connectivity index (χ1) is 23.0. The summed E-state index contributed by atoms with van der Waals surface area (Å²) in [5.74, 6) is 0.329. The normalized spacial score (nSPS) is 12.7. The average Bonchev–Trinajstić information content (AvgIpc) is 3.07. The number of ether oxygens (including phenoxy) is 2. The number of hydrogen-bond donors (Lipinski definition) is 1. The molecular formula is C42H82O5. The molecule has 1 N–H and O–H groups in total. The van der Waals surface area contributed by atoms with Gasteiger partial charge in [-0.25, -0.2) is 0 Å². The van der Waals surface area contributed by atoms with Crippen molar-refractivity contribution < 1.29 is 24.2 Å². The minimum atomic E-state index is -0.956. The Morgan fingerprint density at radius 2 is 0.723 bits per heavy atom. The van der Waals surface area contributed by atoms with Crippen molar-refractivity contribution in [3.05, 3.63) is 0 Å². The first-order valence-corrected chi connectivity index (χ1v) is 21.0. The molecule has 280 valence electrons. The molecule has 0 heterocycles. The molecule has 47 heavy (non-hydrogen) atoms. The second kappa shape index (κ2) is 37.7. The fourth-order valence-electron chi connectivity index (χ4n) is 6.30. The lowest BCUT2D eigenvalue weighted by molar-refractivity contribution is -0.152. The number of hydrogen-bond acceptors (Lipinski definition) is 5. The fourth-order valence-corrected chi connectivity index (χ4v) is 6.30. The molecule has 0 saturated heterocycles. The zero-order chi connectivity index (χ0) is 34.5. The molecule has 1 unspecified atom stereocenters. The molecule has 0 amide bonds. The van der Waals surface area contributed by atoms with Crippen LogP contribution in [-0.2, 0) is 19.1 Å². The zero-order valence-electron chi connectivity index (χ0n) is 32.0. The highest BCUT2D eigenvalue weighted by Gasteiger charge is 2.12. The average molecular weight is 667 g/mol. The number of esters is 2. The van der Waals surface area contributed by atoms with E-state index in [-0.39, 0.29) is 25.2 Å². The van der Waals surface area contributed by atoms with E-state index in [2.05, 4.69) is 20.8 Å². The maximum Gasteiger partial charge on any atom is 0.305 e. The van der Waals surface area contributed by atoms with E-state index in [1.165, 1.54) is 173 Å². The Morgan fingerprint density at radius 1 is 0.447 bits per heavy atom. The SMILES string of the molecule is CCCCCCCCCCCCCCCCCCCCCC(=O)OC[C@@H](O)COC(=O)CCCCCCCCCCCCC(C)CC. The Labute approximate surface area is 293 Å². The van der Waals surface area contributed by atoms with Crippen molar-refractivity contribution in [2.24, 2.45) is 5.92 Å². The number of carbonyl (C=O) groups is 2. The van der Waals surface area contributed by atoms with Gasteiger partial charge in [0.1, 0.15) is 19.3 Å². The molecule has 0 saturated carbocycles. The second-order valence-corrected chi connectivity index (χ2v) is 14.7. The smallest absolute Gasteiger partial charge is 0.305 e. The van der Waals surface area contributed by atoms with Crippen molar-refractivity contribution in [1.29, 1.82) is 0 Å². The summed E-state index contributed by atoms with van der Waals surface area (Å²) in [5, 5.41) is 10.0. The lowest BCUT2D eigenvalue weighted by Crippen LogP contribution is -2.25. The topological polar surface area (TPSA) is 72.8 Å². The molecule has 0 aromatic carbocycles. The highest BCUT2D eigenvalue weighted by molar-refractivity contribution is 5.69. The second-order valence-electron chi connectivity index (χ2n) is 14.7. The number of aliphatic hydroxyl groups is 1. The molecule has 0 fully saturated rings. The van der Waals surface area contributed by atoms with Crippen molar-refractivity contribution in [3.8, 4) is 0 Å². The summed E-state index contributed by atoms with van der Waals surface area (Å²) in [6, 6.07) is 0. The molecule has 2 atom stereocenters. The van der Waals surface area contributed by atoms with Gasteiger partial charge in [0.05, 0.1) is 0 Å². The highest BCUT2D eigenvalue weighted by atomic mass is 16.6. The van der Waals surface area contributed by atoms with Gasteiger partial charge in [-0.2, -0.15) is 0 Å². The quantitative estimate of drug-likeness (QED) is 0.0524. The fraction of sp³-hybridized carbons (Fsp3) is 0.952. The van der Waals surface area contributed by atoms with E-state index < -0.39 is 6.10 Å². The van der Waals surface area contributed by atoms with Crippen molar-refractivity contribution in [3.63, 3.8) is 0 Å². The van der Waals surface area contributed by atoms with Crippen molar-refractivity contribution in [2.75, 3.05) is 13.2 Å². The largest absolute Gasteiger partial charge is 0.463 e. The van der Waals surface area contributed by atoms with Gasteiger partial charge in [-0.15, -0.1) is 0 Å². The predicted molar refractivity (Wildman–Crippen MR) is 201 cm³/mol. The molecule has 0 bridgehead atoms. The summed E-state index contributed by atoms with van der Waals surface area (Å²) >= 11 is 0.